The van der Waals surface area contributed by atoms with E-state index in [1.807, 2.05) is 35.7 Å². The molecule has 1 amide bonds. The molecule has 0 unspecified atom stereocenters. The molecule has 9 heteroatoms. The first-order valence-corrected chi connectivity index (χ1v) is 11.3. The van der Waals surface area contributed by atoms with Crippen LogP contribution in [0.25, 0.3) is 22.5 Å². The Morgan fingerprint density at radius 1 is 1.00 bits per heavy atom. The summed E-state index contributed by atoms with van der Waals surface area (Å²) in [4.78, 5) is 25.7. The molecule has 2 aromatic heterocycles. The molecule has 4 rings (SSSR count). The van der Waals surface area contributed by atoms with Crippen molar-refractivity contribution in [3.8, 4) is 33.9 Å². The van der Waals surface area contributed by atoms with E-state index in [4.69, 9.17) is 18.7 Å². The molecule has 2 aromatic carbocycles. The number of thiophene rings is 1. The number of esters is 1. The van der Waals surface area contributed by atoms with Crippen molar-refractivity contribution in [2.75, 3.05) is 26.1 Å². The van der Waals surface area contributed by atoms with Gasteiger partial charge in [0.25, 0.3) is 5.91 Å². The lowest BCUT2D eigenvalue weighted by molar-refractivity contribution is 0.0529. The number of hydrogen-bond acceptors (Lipinski definition) is 8. The highest BCUT2D eigenvalue weighted by atomic mass is 32.1. The van der Waals surface area contributed by atoms with Crippen molar-refractivity contribution in [3.05, 3.63) is 71.2 Å². The Bertz CT molecular complexity index is 1310. The smallest absolute Gasteiger partial charge is 0.341 e. The fourth-order valence-electron chi connectivity index (χ4n) is 3.36. The minimum atomic E-state index is -0.512. The second kappa shape index (κ2) is 10.2. The molecule has 1 N–H and O–H groups in total. The van der Waals surface area contributed by atoms with Gasteiger partial charge in [-0.1, -0.05) is 35.5 Å². The summed E-state index contributed by atoms with van der Waals surface area (Å²) in [5.74, 6) is 0.454. The van der Waals surface area contributed by atoms with Crippen molar-refractivity contribution in [2.45, 2.75) is 6.92 Å². The van der Waals surface area contributed by atoms with E-state index in [-0.39, 0.29) is 12.3 Å². The average Bonchev–Trinajstić information content (AvgIpc) is 3.52. The molecular formula is C25H22N2O6S. The number of aromatic nitrogens is 1. The molecule has 0 radical (unpaired) electrons. The van der Waals surface area contributed by atoms with Crippen LogP contribution in [0.4, 0.5) is 5.00 Å². The van der Waals surface area contributed by atoms with Crippen molar-refractivity contribution in [2.24, 2.45) is 0 Å². The first kappa shape index (κ1) is 23.1. The van der Waals surface area contributed by atoms with Crippen LogP contribution >= 0.6 is 11.3 Å². The molecule has 0 aliphatic heterocycles. The molecule has 4 aromatic rings. The van der Waals surface area contributed by atoms with Gasteiger partial charge in [-0.3, -0.25) is 4.79 Å². The highest BCUT2D eigenvalue weighted by molar-refractivity contribution is 7.15. The SMILES string of the molecule is CCOC(=O)c1c(-c2ccccc2)csc1NC(=O)c1cc(-c2ccc(OC)c(OC)c2)on1. The third-order valence-corrected chi connectivity index (χ3v) is 5.89. The maximum Gasteiger partial charge on any atom is 0.341 e. The van der Waals surface area contributed by atoms with Gasteiger partial charge in [0, 0.05) is 22.6 Å². The summed E-state index contributed by atoms with van der Waals surface area (Å²) in [6.45, 7) is 1.95. The molecule has 0 aliphatic carbocycles. The van der Waals surface area contributed by atoms with Gasteiger partial charge in [0.2, 0.25) is 0 Å². The van der Waals surface area contributed by atoms with Gasteiger partial charge in [0.15, 0.2) is 23.0 Å². The van der Waals surface area contributed by atoms with Crippen LogP contribution in [0.1, 0.15) is 27.8 Å². The Kier molecular flexibility index (Phi) is 6.93. The summed E-state index contributed by atoms with van der Waals surface area (Å²) >= 11 is 1.24. The first-order valence-electron chi connectivity index (χ1n) is 10.4. The first-order chi connectivity index (χ1) is 16.5. The zero-order valence-electron chi connectivity index (χ0n) is 18.8. The monoisotopic (exact) mass is 478 g/mol. The lowest BCUT2D eigenvalue weighted by Crippen LogP contribution is -2.15. The van der Waals surface area contributed by atoms with Crippen LogP contribution in [0.2, 0.25) is 0 Å². The number of benzene rings is 2. The van der Waals surface area contributed by atoms with E-state index in [0.717, 1.165) is 5.56 Å². The number of amides is 1. The maximum atomic E-state index is 12.9. The lowest BCUT2D eigenvalue weighted by atomic mass is 10.0. The molecular weight excluding hydrogens is 456 g/mol. The second-order valence-corrected chi connectivity index (χ2v) is 7.92. The predicted molar refractivity (Wildman–Crippen MR) is 129 cm³/mol. The van der Waals surface area contributed by atoms with Crippen molar-refractivity contribution >= 4 is 28.2 Å². The summed E-state index contributed by atoms with van der Waals surface area (Å²) in [5, 5.41) is 8.85. The van der Waals surface area contributed by atoms with E-state index in [1.54, 1.807) is 32.2 Å². The van der Waals surface area contributed by atoms with Gasteiger partial charge in [-0.2, -0.15) is 0 Å². The van der Waals surface area contributed by atoms with Crippen LogP contribution in [0, 0.1) is 0 Å². The van der Waals surface area contributed by atoms with Crippen LogP contribution in [-0.2, 0) is 4.74 Å². The van der Waals surface area contributed by atoms with Crippen molar-refractivity contribution < 1.29 is 28.3 Å². The lowest BCUT2D eigenvalue weighted by Gasteiger charge is -2.08. The average molecular weight is 479 g/mol. The van der Waals surface area contributed by atoms with Gasteiger partial charge >= 0.3 is 5.97 Å². The Morgan fingerprint density at radius 2 is 1.76 bits per heavy atom. The van der Waals surface area contributed by atoms with Crippen molar-refractivity contribution in [1.29, 1.82) is 0 Å². The summed E-state index contributed by atoms with van der Waals surface area (Å²) in [5.41, 5.74) is 2.56. The van der Waals surface area contributed by atoms with Gasteiger partial charge in [0.05, 0.1) is 20.8 Å². The molecule has 0 saturated heterocycles. The van der Waals surface area contributed by atoms with Gasteiger partial charge in [0.1, 0.15) is 10.6 Å². The highest BCUT2D eigenvalue weighted by Crippen LogP contribution is 2.37. The molecule has 0 atom stereocenters. The normalized spacial score (nSPS) is 10.6. The zero-order valence-corrected chi connectivity index (χ0v) is 19.6. The minimum Gasteiger partial charge on any atom is -0.493 e. The van der Waals surface area contributed by atoms with E-state index in [2.05, 4.69) is 10.5 Å². The van der Waals surface area contributed by atoms with Crippen LogP contribution < -0.4 is 14.8 Å². The second-order valence-electron chi connectivity index (χ2n) is 7.04. The number of methoxy groups -OCH3 is 2. The maximum absolute atomic E-state index is 12.9. The number of rotatable bonds is 8. The molecule has 0 fully saturated rings. The van der Waals surface area contributed by atoms with E-state index in [1.165, 1.54) is 24.5 Å². The zero-order chi connectivity index (χ0) is 24.1. The number of nitrogens with zero attached hydrogens (tertiary/aromatic N) is 1. The van der Waals surface area contributed by atoms with Gasteiger partial charge in [-0.05, 0) is 30.7 Å². The van der Waals surface area contributed by atoms with Crippen molar-refractivity contribution in [3.63, 3.8) is 0 Å². The molecule has 2 heterocycles. The number of carbonyl (C=O) groups is 2. The molecule has 34 heavy (non-hydrogen) atoms. The number of ether oxygens (including phenoxy) is 3. The summed E-state index contributed by atoms with van der Waals surface area (Å²) in [6.07, 6.45) is 0. The quantitative estimate of drug-likeness (QED) is 0.333. The van der Waals surface area contributed by atoms with E-state index in [0.29, 0.717) is 39.0 Å². The van der Waals surface area contributed by atoms with Gasteiger partial charge in [-0.25, -0.2) is 4.79 Å². The fraction of sp³-hybridized carbons (Fsp3) is 0.160. The van der Waals surface area contributed by atoms with Crippen LogP contribution in [0.3, 0.4) is 0 Å². The summed E-state index contributed by atoms with van der Waals surface area (Å²) in [6, 6.07) is 16.2. The Balaban J connectivity index is 1.61. The Morgan fingerprint density at radius 3 is 2.47 bits per heavy atom. The van der Waals surface area contributed by atoms with Gasteiger partial charge in [-0.15, -0.1) is 11.3 Å². The van der Waals surface area contributed by atoms with Crippen LogP contribution in [0.15, 0.2) is 64.5 Å². The van der Waals surface area contributed by atoms with E-state index in [9.17, 15) is 9.59 Å². The minimum absolute atomic E-state index is 0.0641. The van der Waals surface area contributed by atoms with Crippen LogP contribution in [-0.4, -0.2) is 37.9 Å². The van der Waals surface area contributed by atoms with Gasteiger partial charge < -0.3 is 24.1 Å². The molecule has 0 aliphatic rings. The molecule has 174 valence electrons. The standard InChI is InChI=1S/C25H22N2O6S/c1-4-32-25(29)22-17(15-8-6-5-7-9-15)14-34-24(22)26-23(28)18-13-20(33-27-18)16-10-11-19(30-2)21(12-16)31-3/h5-14H,4H2,1-3H3,(H,26,28). The molecule has 0 saturated carbocycles. The number of anilines is 1. The van der Waals surface area contributed by atoms with Crippen LogP contribution in [0.5, 0.6) is 11.5 Å². The molecule has 0 spiro atoms. The predicted octanol–water partition coefficient (Wildman–Crippen LogP) is 5.52. The summed E-state index contributed by atoms with van der Waals surface area (Å²) in [7, 11) is 3.08. The summed E-state index contributed by atoms with van der Waals surface area (Å²) < 4.78 is 21.2. The topological polar surface area (TPSA) is 99.9 Å². The number of hydrogen-bond donors (Lipinski definition) is 1. The largest absolute Gasteiger partial charge is 0.493 e. The van der Waals surface area contributed by atoms with E-state index < -0.39 is 11.9 Å². The highest BCUT2D eigenvalue weighted by Gasteiger charge is 2.24. The Labute approximate surface area is 200 Å². The third kappa shape index (κ3) is 4.65. The molecule has 8 nitrogen and oxygen atoms in total. The number of nitrogens with one attached hydrogen (secondary N) is 1. The fourth-order valence-corrected chi connectivity index (χ4v) is 4.31. The third-order valence-electron chi connectivity index (χ3n) is 4.99. The number of carbonyl (C=O) groups excluding carboxylic acids is 2. The van der Waals surface area contributed by atoms with E-state index >= 15 is 0 Å². The Hall–Kier alpha value is -4.11. The molecule has 0 bridgehead atoms. The van der Waals surface area contributed by atoms with Crippen molar-refractivity contribution in [1.82, 2.24) is 5.16 Å².